The van der Waals surface area contributed by atoms with Crippen LogP contribution in [0.25, 0.3) is 11.0 Å². The Bertz CT molecular complexity index is 553. The van der Waals surface area contributed by atoms with Crippen LogP contribution in [-0.4, -0.2) is 26.8 Å². The second kappa shape index (κ2) is 3.56. The first-order valence-electron chi connectivity index (χ1n) is 4.50. The van der Waals surface area contributed by atoms with Gasteiger partial charge in [-0.1, -0.05) is 6.08 Å². The van der Waals surface area contributed by atoms with E-state index in [1.165, 1.54) is 10.9 Å². The smallest absolute Gasteiger partial charge is 0.277 e. The maximum atomic E-state index is 11.7. The Morgan fingerprint density at radius 1 is 1.73 bits per heavy atom. The summed E-state index contributed by atoms with van der Waals surface area (Å²) in [7, 11) is 1.72. The average Bonchev–Trinajstić information content (AvgIpc) is 2.56. The van der Waals surface area contributed by atoms with E-state index < -0.39 is 0 Å². The first kappa shape index (κ1) is 9.45. The summed E-state index contributed by atoms with van der Waals surface area (Å²) in [6.45, 7) is 4.01. The first-order chi connectivity index (χ1) is 7.26. The highest BCUT2D eigenvalue weighted by atomic mass is 16.1. The highest BCUT2D eigenvalue weighted by Gasteiger charge is 2.07. The van der Waals surface area contributed by atoms with Crippen LogP contribution in [0.2, 0.25) is 0 Å². The minimum atomic E-state index is -0.132. The molecule has 0 aliphatic rings. The van der Waals surface area contributed by atoms with Gasteiger partial charge in [0.15, 0.2) is 5.65 Å². The van der Waals surface area contributed by atoms with Crippen molar-refractivity contribution in [2.45, 2.75) is 6.54 Å². The molecule has 0 aliphatic carbocycles. The number of nitrogens with zero attached hydrogens (tertiary/aromatic N) is 3. The lowest BCUT2D eigenvalue weighted by atomic mass is 10.4. The number of hydrogen-bond donors (Lipinski definition) is 2. The lowest BCUT2D eigenvalue weighted by Crippen LogP contribution is -2.15. The third-order valence-corrected chi connectivity index (χ3v) is 2.04. The fourth-order valence-electron chi connectivity index (χ4n) is 1.33. The number of aromatic nitrogens is 4. The highest BCUT2D eigenvalue weighted by molar-refractivity contribution is 5.73. The van der Waals surface area contributed by atoms with Crippen molar-refractivity contribution in [1.29, 1.82) is 0 Å². The summed E-state index contributed by atoms with van der Waals surface area (Å²) in [5.74, 6) is 0.481. The molecule has 0 aliphatic heterocycles. The van der Waals surface area contributed by atoms with Gasteiger partial charge in [-0.2, -0.15) is 4.98 Å². The van der Waals surface area contributed by atoms with E-state index in [-0.39, 0.29) is 5.56 Å². The maximum absolute atomic E-state index is 11.7. The van der Waals surface area contributed by atoms with Gasteiger partial charge in [0.05, 0.1) is 6.54 Å². The van der Waals surface area contributed by atoms with E-state index in [1.807, 2.05) is 0 Å². The molecule has 0 saturated heterocycles. The normalized spacial score (nSPS) is 10.5. The zero-order chi connectivity index (χ0) is 10.8. The fraction of sp³-hybridized carbons (Fsp3) is 0.222. The molecule has 0 aromatic carbocycles. The van der Waals surface area contributed by atoms with E-state index >= 15 is 0 Å². The maximum Gasteiger partial charge on any atom is 0.277 e. The van der Waals surface area contributed by atoms with Gasteiger partial charge in [0.25, 0.3) is 5.56 Å². The molecule has 0 amide bonds. The number of nitrogens with one attached hydrogen (secondary N) is 2. The van der Waals surface area contributed by atoms with Crippen LogP contribution in [0.1, 0.15) is 0 Å². The number of anilines is 1. The number of fused-ring (bicyclic) bond motifs is 1. The Balaban J connectivity index is 2.65. The van der Waals surface area contributed by atoms with Crippen molar-refractivity contribution in [3.05, 3.63) is 29.2 Å². The Kier molecular flexibility index (Phi) is 2.24. The van der Waals surface area contributed by atoms with Gasteiger partial charge in [0, 0.05) is 13.2 Å². The Morgan fingerprint density at radius 2 is 2.53 bits per heavy atom. The van der Waals surface area contributed by atoms with E-state index in [9.17, 15) is 4.79 Å². The van der Waals surface area contributed by atoms with Gasteiger partial charge < -0.3 is 5.32 Å². The molecule has 15 heavy (non-hydrogen) atoms. The van der Waals surface area contributed by atoms with E-state index in [0.717, 1.165) is 0 Å². The van der Waals surface area contributed by atoms with E-state index in [0.29, 0.717) is 23.5 Å². The molecule has 0 spiro atoms. The topological polar surface area (TPSA) is 75.6 Å². The first-order valence-corrected chi connectivity index (χ1v) is 4.50. The number of H-pyrrole nitrogens is 1. The number of hydrogen-bond acceptors (Lipinski definition) is 4. The Hall–Kier alpha value is -2.11. The monoisotopic (exact) mass is 205 g/mol. The third kappa shape index (κ3) is 1.50. The lowest BCUT2D eigenvalue weighted by Gasteiger charge is -1.94. The molecular formula is C9H11N5O. The van der Waals surface area contributed by atoms with Gasteiger partial charge in [-0.05, 0) is 0 Å². The van der Waals surface area contributed by atoms with Gasteiger partial charge in [0.2, 0.25) is 5.95 Å². The quantitative estimate of drug-likeness (QED) is 0.709. The zero-order valence-electron chi connectivity index (χ0n) is 8.32. The van der Waals surface area contributed by atoms with E-state index in [2.05, 4.69) is 27.0 Å². The van der Waals surface area contributed by atoms with Crippen LogP contribution in [0.4, 0.5) is 5.95 Å². The fourth-order valence-corrected chi connectivity index (χ4v) is 1.33. The molecule has 0 unspecified atom stereocenters. The molecule has 0 fully saturated rings. The van der Waals surface area contributed by atoms with Gasteiger partial charge in [0.1, 0.15) is 5.39 Å². The summed E-state index contributed by atoms with van der Waals surface area (Å²) in [5.41, 5.74) is 0.397. The second-order valence-electron chi connectivity index (χ2n) is 3.02. The second-order valence-corrected chi connectivity index (χ2v) is 3.02. The SMILES string of the molecule is C=CCn1[nH]c2nc(NC)ncc2c1=O. The molecule has 0 bridgehead atoms. The summed E-state index contributed by atoms with van der Waals surface area (Å²) in [4.78, 5) is 19.8. The number of aromatic amines is 1. The predicted molar refractivity (Wildman–Crippen MR) is 57.9 cm³/mol. The van der Waals surface area contributed by atoms with Crippen LogP contribution < -0.4 is 10.9 Å². The molecule has 6 nitrogen and oxygen atoms in total. The van der Waals surface area contributed by atoms with Crippen LogP contribution >= 0.6 is 0 Å². The van der Waals surface area contributed by atoms with Crippen LogP contribution in [0.5, 0.6) is 0 Å². The van der Waals surface area contributed by atoms with Crippen LogP contribution in [0.3, 0.4) is 0 Å². The van der Waals surface area contributed by atoms with Gasteiger partial charge in [-0.25, -0.2) is 9.67 Å². The summed E-state index contributed by atoms with van der Waals surface area (Å²) < 4.78 is 1.44. The van der Waals surface area contributed by atoms with E-state index in [4.69, 9.17) is 0 Å². The molecule has 6 heteroatoms. The van der Waals surface area contributed by atoms with Crippen LogP contribution in [0, 0.1) is 0 Å². The summed E-state index contributed by atoms with van der Waals surface area (Å²) in [5, 5.41) is 6.17. The summed E-state index contributed by atoms with van der Waals surface area (Å²) >= 11 is 0. The molecule has 0 saturated carbocycles. The predicted octanol–water partition coefficient (Wildman–Crippen LogP) is 0.347. The molecule has 0 atom stereocenters. The molecule has 2 aromatic rings. The molecule has 2 aromatic heterocycles. The largest absolute Gasteiger partial charge is 0.357 e. The minimum absolute atomic E-state index is 0.132. The summed E-state index contributed by atoms with van der Waals surface area (Å²) in [6.07, 6.45) is 3.15. The summed E-state index contributed by atoms with van der Waals surface area (Å²) in [6, 6.07) is 0. The molecule has 2 N–H and O–H groups in total. The zero-order valence-corrected chi connectivity index (χ0v) is 8.32. The van der Waals surface area contributed by atoms with Crippen molar-refractivity contribution in [2.24, 2.45) is 0 Å². The molecule has 2 rings (SSSR count). The molecular weight excluding hydrogens is 194 g/mol. The van der Waals surface area contributed by atoms with Crippen LogP contribution in [-0.2, 0) is 6.54 Å². The van der Waals surface area contributed by atoms with Crippen LogP contribution in [0.15, 0.2) is 23.6 Å². The number of rotatable bonds is 3. The Morgan fingerprint density at radius 3 is 3.20 bits per heavy atom. The Labute approximate surface area is 85.6 Å². The minimum Gasteiger partial charge on any atom is -0.357 e. The highest BCUT2D eigenvalue weighted by Crippen LogP contribution is 2.05. The van der Waals surface area contributed by atoms with Crippen molar-refractivity contribution < 1.29 is 0 Å². The number of allylic oxidation sites excluding steroid dienone is 1. The van der Waals surface area contributed by atoms with Gasteiger partial charge in [-0.3, -0.25) is 9.89 Å². The molecule has 0 radical (unpaired) electrons. The van der Waals surface area contributed by atoms with Gasteiger partial charge in [-0.15, -0.1) is 6.58 Å². The standard InChI is InChI=1S/C9H11N5O/c1-3-4-14-8(15)6-5-11-9(10-2)12-7(6)13-14/h3,5H,1,4H2,2H3,(H2,10,11,12,13). The third-order valence-electron chi connectivity index (χ3n) is 2.04. The van der Waals surface area contributed by atoms with Crippen molar-refractivity contribution in [1.82, 2.24) is 19.7 Å². The molecule has 2 heterocycles. The average molecular weight is 205 g/mol. The molecule has 78 valence electrons. The van der Waals surface area contributed by atoms with Crippen molar-refractivity contribution in [3.63, 3.8) is 0 Å². The lowest BCUT2D eigenvalue weighted by molar-refractivity contribution is 0.685. The van der Waals surface area contributed by atoms with Crippen molar-refractivity contribution in [3.8, 4) is 0 Å². The van der Waals surface area contributed by atoms with Crippen molar-refractivity contribution in [2.75, 3.05) is 12.4 Å². The van der Waals surface area contributed by atoms with Gasteiger partial charge >= 0.3 is 0 Å². The van der Waals surface area contributed by atoms with Crippen molar-refractivity contribution >= 4 is 17.0 Å². The van der Waals surface area contributed by atoms with E-state index in [1.54, 1.807) is 13.1 Å².